The van der Waals surface area contributed by atoms with Gasteiger partial charge in [-0.3, -0.25) is 0 Å². The summed E-state index contributed by atoms with van der Waals surface area (Å²) in [6.07, 6.45) is 0. The Morgan fingerprint density at radius 1 is 0.500 bits per heavy atom. The van der Waals surface area contributed by atoms with Crippen molar-refractivity contribution in [2.45, 2.75) is 0 Å². The monoisotopic (exact) mass is 590 g/mol. The van der Waals surface area contributed by atoms with Gasteiger partial charge in [0.05, 0.1) is 0 Å². The van der Waals surface area contributed by atoms with Gasteiger partial charge in [-0.05, 0) is 0 Å². The van der Waals surface area contributed by atoms with E-state index in [2.05, 4.69) is 0 Å². The Morgan fingerprint density at radius 3 is 0.500 bits per heavy atom. The standard InChI is InChI=1S/Bi.3HI/h;3*1H/q+3;;;/p-3. The van der Waals surface area contributed by atoms with E-state index in [1.165, 1.54) is 0 Å². The maximum absolute atomic E-state index is 0. The zero-order valence-corrected chi connectivity index (χ0v) is 11.5. The first-order valence-corrected chi connectivity index (χ1v) is 0. The van der Waals surface area contributed by atoms with E-state index < -0.39 is 0 Å². The maximum atomic E-state index is 0. The predicted molar refractivity (Wildman–Crippen MR) is 5.75 cm³/mol. The fraction of sp³-hybridized carbons (Fsp3) is 0. The van der Waals surface area contributed by atoms with Crippen LogP contribution in [0.3, 0.4) is 0 Å². The molecule has 0 heterocycles. The molecule has 0 aromatic heterocycles. The summed E-state index contributed by atoms with van der Waals surface area (Å²) in [6.45, 7) is 0. The summed E-state index contributed by atoms with van der Waals surface area (Å²) >= 11 is 0. The minimum absolute atomic E-state index is 0. The average Bonchev–Trinajstić information content (AvgIpc) is 0. The third-order valence-electron chi connectivity index (χ3n) is 0. The molecular weight excluding hydrogens is 590 g/mol. The van der Waals surface area contributed by atoms with Crippen molar-refractivity contribution < 1.29 is 71.9 Å². The topological polar surface area (TPSA) is 0 Å². The second kappa shape index (κ2) is 16.6. The van der Waals surface area contributed by atoms with Gasteiger partial charge < -0.3 is 71.9 Å². The third kappa shape index (κ3) is 8.91. The molecule has 0 bridgehead atoms. The molecule has 0 aliphatic heterocycles. The van der Waals surface area contributed by atoms with E-state index in [4.69, 9.17) is 0 Å². The SMILES string of the molecule is [Bi+3].[I-].[I-].[I-]. The van der Waals surface area contributed by atoms with Gasteiger partial charge in [0, 0.05) is 0 Å². The van der Waals surface area contributed by atoms with Crippen LogP contribution in [-0.2, 0) is 0 Å². The maximum Gasteiger partial charge on any atom is 3.00 e. The molecule has 2 radical (unpaired) electrons. The molecule has 26 valence electrons. The Morgan fingerprint density at radius 2 is 0.500 bits per heavy atom. The van der Waals surface area contributed by atoms with Crippen LogP contribution in [0.2, 0.25) is 0 Å². The Balaban J connectivity index is 0. The summed E-state index contributed by atoms with van der Waals surface area (Å²) < 4.78 is 0. The van der Waals surface area contributed by atoms with Crippen LogP contribution in [0.25, 0.3) is 0 Å². The molecule has 0 amide bonds. The van der Waals surface area contributed by atoms with Gasteiger partial charge in [0.25, 0.3) is 0 Å². The smallest absolute Gasteiger partial charge is 1.00 e. The van der Waals surface area contributed by atoms with Gasteiger partial charge in [0.15, 0.2) is 0 Å². The summed E-state index contributed by atoms with van der Waals surface area (Å²) in [5.41, 5.74) is 0. The molecule has 0 atom stereocenters. The van der Waals surface area contributed by atoms with Crippen molar-refractivity contribution in [3.63, 3.8) is 0 Å². The summed E-state index contributed by atoms with van der Waals surface area (Å²) in [4.78, 5) is 0. The molecule has 0 N–H and O–H groups in total. The predicted octanol–water partition coefficient (Wildman–Crippen LogP) is -9.37. The molecule has 0 rings (SSSR count). The van der Waals surface area contributed by atoms with Crippen molar-refractivity contribution in [3.05, 3.63) is 0 Å². The van der Waals surface area contributed by atoms with Crippen LogP contribution < -0.4 is 71.9 Å². The van der Waals surface area contributed by atoms with Crippen molar-refractivity contribution >= 4 is 26.2 Å². The van der Waals surface area contributed by atoms with Gasteiger partial charge in [-0.25, -0.2) is 0 Å². The minimum atomic E-state index is 0. The van der Waals surface area contributed by atoms with Crippen LogP contribution in [0, 0.1) is 0 Å². The molecule has 0 aliphatic rings. The average molecular weight is 590 g/mol. The van der Waals surface area contributed by atoms with Crippen molar-refractivity contribution in [1.29, 1.82) is 0 Å². The Kier molecular flexibility index (Phi) is 114. The first-order valence-electron chi connectivity index (χ1n) is 0. The van der Waals surface area contributed by atoms with E-state index in [1.807, 2.05) is 0 Å². The van der Waals surface area contributed by atoms with Gasteiger partial charge in [0.1, 0.15) is 0 Å². The second-order valence-corrected chi connectivity index (χ2v) is 0. The van der Waals surface area contributed by atoms with Crippen LogP contribution >= 0.6 is 0 Å². The van der Waals surface area contributed by atoms with Crippen LogP contribution in [0.1, 0.15) is 0 Å². The van der Waals surface area contributed by atoms with Crippen molar-refractivity contribution in [2.24, 2.45) is 0 Å². The third-order valence-corrected chi connectivity index (χ3v) is 0. The summed E-state index contributed by atoms with van der Waals surface area (Å²) in [5, 5.41) is 0. The fourth-order valence-electron chi connectivity index (χ4n) is 0. The van der Waals surface area contributed by atoms with E-state index in [1.54, 1.807) is 0 Å². The molecule has 0 saturated heterocycles. The zero-order valence-electron chi connectivity index (χ0n) is 1.58. The van der Waals surface area contributed by atoms with Gasteiger partial charge in [-0.2, -0.15) is 0 Å². The van der Waals surface area contributed by atoms with Gasteiger partial charge in [0.2, 0.25) is 0 Å². The molecule has 0 aromatic carbocycles. The Bertz CT molecular complexity index is 3.25. The molecule has 0 aromatic rings. The van der Waals surface area contributed by atoms with Crippen LogP contribution in [0.5, 0.6) is 0 Å². The molecule has 4 heteroatoms. The first-order chi connectivity index (χ1) is 0. The van der Waals surface area contributed by atoms with E-state index >= 15 is 0 Å². The summed E-state index contributed by atoms with van der Waals surface area (Å²) in [6, 6.07) is 0. The quantitative estimate of drug-likeness (QED) is 0.195. The first kappa shape index (κ1) is 27.6. The molecule has 0 saturated carbocycles. The fourth-order valence-corrected chi connectivity index (χ4v) is 0. The van der Waals surface area contributed by atoms with E-state index in [0.717, 1.165) is 0 Å². The molecular formula is BiI3. The molecule has 4 heavy (non-hydrogen) atoms. The van der Waals surface area contributed by atoms with Gasteiger partial charge in [-0.1, -0.05) is 0 Å². The van der Waals surface area contributed by atoms with Crippen LogP contribution in [0.4, 0.5) is 0 Å². The van der Waals surface area contributed by atoms with Crippen molar-refractivity contribution in [1.82, 2.24) is 0 Å². The van der Waals surface area contributed by atoms with Crippen LogP contribution in [-0.4, -0.2) is 26.2 Å². The Labute approximate surface area is 96.0 Å². The molecule has 0 spiro atoms. The minimum Gasteiger partial charge on any atom is -1.00 e. The van der Waals surface area contributed by atoms with E-state index in [9.17, 15) is 0 Å². The van der Waals surface area contributed by atoms with Crippen LogP contribution in [0.15, 0.2) is 0 Å². The molecule has 0 fully saturated rings. The van der Waals surface area contributed by atoms with Crippen molar-refractivity contribution in [3.8, 4) is 0 Å². The molecule has 0 unspecified atom stereocenters. The van der Waals surface area contributed by atoms with E-state index in [0.29, 0.717) is 0 Å². The van der Waals surface area contributed by atoms with Gasteiger partial charge in [-0.15, -0.1) is 0 Å². The largest absolute Gasteiger partial charge is 3.00 e. The Hall–Kier alpha value is 3.07. The summed E-state index contributed by atoms with van der Waals surface area (Å²) in [7, 11) is 0. The number of halogens is 3. The zero-order chi connectivity index (χ0) is 0. The number of rotatable bonds is 0. The number of hydrogen-bond acceptors (Lipinski definition) is 0. The van der Waals surface area contributed by atoms with Crippen molar-refractivity contribution in [2.75, 3.05) is 0 Å². The molecule has 0 aliphatic carbocycles. The van der Waals surface area contributed by atoms with Gasteiger partial charge >= 0.3 is 26.2 Å². The van der Waals surface area contributed by atoms with E-state index in [-0.39, 0.29) is 98.1 Å². The second-order valence-electron chi connectivity index (χ2n) is 0. The summed E-state index contributed by atoms with van der Waals surface area (Å²) in [5.74, 6) is 0. The molecule has 0 nitrogen and oxygen atoms in total. The number of hydrogen-bond donors (Lipinski definition) is 0. The normalized spacial score (nSPS) is 0.